The average Bonchev–Trinajstić information content (AvgIpc) is 2.55. The monoisotopic (exact) mass is 317 g/mol. The van der Waals surface area contributed by atoms with Gasteiger partial charge >= 0.3 is 0 Å². The van der Waals surface area contributed by atoms with Crippen molar-refractivity contribution in [2.75, 3.05) is 13.7 Å². The Balaban J connectivity index is 0.000000433. The molecule has 1 atom stereocenters. The Labute approximate surface area is 138 Å². The van der Waals surface area contributed by atoms with Crippen LogP contribution in [0.25, 0.3) is 0 Å². The lowest BCUT2D eigenvalue weighted by Gasteiger charge is -2.33. The van der Waals surface area contributed by atoms with E-state index >= 15 is 0 Å². The van der Waals surface area contributed by atoms with Gasteiger partial charge in [0.25, 0.3) is 5.97 Å². The maximum absolute atomic E-state index is 9.00. The second-order valence-electron chi connectivity index (χ2n) is 6.16. The molecule has 23 heavy (non-hydrogen) atoms. The predicted octanol–water partition coefficient (Wildman–Crippen LogP) is 3.56. The zero-order valence-corrected chi connectivity index (χ0v) is 14.1. The highest BCUT2D eigenvalue weighted by atomic mass is 16.5. The van der Waals surface area contributed by atoms with Gasteiger partial charge in [-0.2, -0.15) is 0 Å². The van der Waals surface area contributed by atoms with Gasteiger partial charge < -0.3 is 15.2 Å². The zero-order valence-electron chi connectivity index (χ0n) is 14.1. The molecule has 4 nitrogen and oxygen atoms in total. The minimum Gasteiger partial charge on any atom is -0.497 e. The van der Waals surface area contributed by atoms with Crippen molar-refractivity contribution in [2.24, 2.45) is 0 Å². The van der Waals surface area contributed by atoms with Gasteiger partial charge in [-0.25, -0.2) is 0 Å². The Morgan fingerprint density at radius 1 is 1.22 bits per heavy atom. The Bertz CT molecular complexity index is 540. The first-order valence-corrected chi connectivity index (χ1v) is 8.36. The summed E-state index contributed by atoms with van der Waals surface area (Å²) in [5.74, 6) is 0.109. The molecule has 0 aromatic heterocycles. The Morgan fingerprint density at radius 2 is 1.87 bits per heavy atom. The molecule has 2 N–H and O–H groups in total. The van der Waals surface area contributed by atoms with Gasteiger partial charge in [-0.15, -0.1) is 0 Å². The summed E-state index contributed by atoms with van der Waals surface area (Å²) in [5.41, 5.74) is 4.87. The Hall–Kier alpha value is -1.81. The maximum atomic E-state index is 9.00. The topological polar surface area (TPSA) is 58.6 Å². The molecule has 126 valence electrons. The lowest BCUT2D eigenvalue weighted by molar-refractivity contribution is -0.134. The molecule has 1 heterocycles. The molecule has 1 aromatic rings. The van der Waals surface area contributed by atoms with Crippen LogP contribution < -0.4 is 10.1 Å². The van der Waals surface area contributed by atoms with E-state index in [2.05, 4.69) is 29.6 Å². The van der Waals surface area contributed by atoms with Crippen molar-refractivity contribution < 1.29 is 14.6 Å². The molecule has 1 aliphatic carbocycles. The maximum Gasteiger partial charge on any atom is 0.300 e. The van der Waals surface area contributed by atoms with Crippen LogP contribution in [0.2, 0.25) is 0 Å². The van der Waals surface area contributed by atoms with Gasteiger partial charge in [0.15, 0.2) is 0 Å². The van der Waals surface area contributed by atoms with E-state index in [1.807, 2.05) is 0 Å². The number of methoxy groups -OCH3 is 1. The average molecular weight is 317 g/mol. The van der Waals surface area contributed by atoms with E-state index in [1.165, 1.54) is 37.7 Å². The van der Waals surface area contributed by atoms with E-state index in [0.29, 0.717) is 6.04 Å². The molecule has 0 saturated carbocycles. The number of hydrogen-bond acceptors (Lipinski definition) is 3. The van der Waals surface area contributed by atoms with E-state index in [1.54, 1.807) is 18.3 Å². The van der Waals surface area contributed by atoms with Crippen LogP contribution in [0.3, 0.4) is 0 Å². The second-order valence-corrected chi connectivity index (χ2v) is 6.16. The van der Waals surface area contributed by atoms with Crippen LogP contribution in [0.5, 0.6) is 5.75 Å². The largest absolute Gasteiger partial charge is 0.497 e. The fraction of sp³-hybridized carbons (Fsp3) is 0.526. The molecule has 0 saturated heterocycles. The van der Waals surface area contributed by atoms with Gasteiger partial charge in [-0.3, -0.25) is 4.79 Å². The van der Waals surface area contributed by atoms with E-state index in [4.69, 9.17) is 14.6 Å². The van der Waals surface area contributed by atoms with Gasteiger partial charge in [0.2, 0.25) is 0 Å². The molecule has 1 aromatic carbocycles. The predicted molar refractivity (Wildman–Crippen MR) is 91.9 cm³/mol. The molecule has 0 bridgehead atoms. The van der Waals surface area contributed by atoms with E-state index in [0.717, 1.165) is 25.6 Å². The number of aliphatic carboxylic acids is 1. The molecule has 0 unspecified atom stereocenters. The molecule has 0 spiro atoms. The Kier molecular flexibility index (Phi) is 6.66. The number of carbonyl (C=O) groups is 1. The first-order chi connectivity index (χ1) is 11.1. The molecule has 2 aliphatic rings. The van der Waals surface area contributed by atoms with Crippen LogP contribution in [0.15, 0.2) is 35.4 Å². The summed E-state index contributed by atoms with van der Waals surface area (Å²) in [6, 6.07) is 9.08. The number of rotatable bonds is 3. The highest BCUT2D eigenvalue weighted by Crippen LogP contribution is 2.32. The minimum atomic E-state index is -0.833. The van der Waals surface area contributed by atoms with E-state index in [-0.39, 0.29) is 0 Å². The van der Waals surface area contributed by atoms with Gasteiger partial charge in [0.05, 0.1) is 7.11 Å². The van der Waals surface area contributed by atoms with Gasteiger partial charge in [-0.05, 0) is 62.8 Å². The first-order valence-electron chi connectivity index (χ1n) is 8.36. The first kappa shape index (κ1) is 17.5. The summed E-state index contributed by atoms with van der Waals surface area (Å²) in [6.07, 6.45) is 7.81. The van der Waals surface area contributed by atoms with Gasteiger partial charge in [-0.1, -0.05) is 23.3 Å². The second kappa shape index (κ2) is 8.73. The van der Waals surface area contributed by atoms with E-state index < -0.39 is 5.97 Å². The third kappa shape index (κ3) is 5.39. The fourth-order valence-electron chi connectivity index (χ4n) is 3.41. The summed E-state index contributed by atoms with van der Waals surface area (Å²) in [5, 5.41) is 11.1. The van der Waals surface area contributed by atoms with Crippen molar-refractivity contribution in [1.29, 1.82) is 0 Å². The summed E-state index contributed by atoms with van der Waals surface area (Å²) in [4.78, 5) is 9.00. The van der Waals surface area contributed by atoms with Crippen LogP contribution in [-0.4, -0.2) is 30.8 Å². The van der Waals surface area contributed by atoms with Crippen LogP contribution in [0.1, 0.15) is 44.6 Å². The minimum absolute atomic E-state index is 0.567. The van der Waals surface area contributed by atoms with Crippen LogP contribution >= 0.6 is 0 Å². The molecular formula is C19H27NO3. The molecular weight excluding hydrogens is 290 g/mol. The van der Waals surface area contributed by atoms with Crippen molar-refractivity contribution >= 4 is 5.97 Å². The fourth-order valence-corrected chi connectivity index (χ4v) is 3.41. The smallest absolute Gasteiger partial charge is 0.300 e. The highest BCUT2D eigenvalue weighted by Gasteiger charge is 2.24. The summed E-state index contributed by atoms with van der Waals surface area (Å²) in [7, 11) is 1.72. The summed E-state index contributed by atoms with van der Waals surface area (Å²) >= 11 is 0. The molecule has 0 amide bonds. The zero-order chi connectivity index (χ0) is 16.7. The van der Waals surface area contributed by atoms with Crippen molar-refractivity contribution in [3.8, 4) is 5.75 Å². The lowest BCUT2D eigenvalue weighted by Crippen LogP contribution is -2.39. The Morgan fingerprint density at radius 3 is 2.52 bits per heavy atom. The number of ether oxygens (including phenoxy) is 1. The van der Waals surface area contributed by atoms with Crippen LogP contribution in [0, 0.1) is 0 Å². The molecule has 4 heteroatoms. The summed E-state index contributed by atoms with van der Waals surface area (Å²) < 4.78 is 5.22. The van der Waals surface area contributed by atoms with Gasteiger partial charge in [0, 0.05) is 13.0 Å². The van der Waals surface area contributed by atoms with Crippen molar-refractivity contribution in [2.45, 2.75) is 51.5 Å². The quantitative estimate of drug-likeness (QED) is 0.837. The van der Waals surface area contributed by atoms with Crippen molar-refractivity contribution in [1.82, 2.24) is 5.32 Å². The third-order valence-electron chi connectivity index (χ3n) is 4.47. The SMILES string of the molecule is CC(=O)O.COc1ccc(C[C@@H]2NCCC3=C2CCCC3)cc1. The normalized spacial score (nSPS) is 20.2. The van der Waals surface area contributed by atoms with Crippen LogP contribution in [-0.2, 0) is 11.2 Å². The summed E-state index contributed by atoms with van der Waals surface area (Å²) in [6.45, 7) is 2.24. The lowest BCUT2D eigenvalue weighted by atomic mass is 9.81. The molecule has 3 rings (SSSR count). The molecule has 0 radical (unpaired) electrons. The van der Waals surface area contributed by atoms with Crippen molar-refractivity contribution in [3.05, 3.63) is 41.0 Å². The van der Waals surface area contributed by atoms with Crippen molar-refractivity contribution in [3.63, 3.8) is 0 Å². The van der Waals surface area contributed by atoms with Crippen LogP contribution in [0.4, 0.5) is 0 Å². The highest BCUT2D eigenvalue weighted by molar-refractivity contribution is 5.62. The number of carboxylic acid groups (broad SMARTS) is 1. The third-order valence-corrected chi connectivity index (χ3v) is 4.47. The van der Waals surface area contributed by atoms with Gasteiger partial charge in [0.1, 0.15) is 5.75 Å². The standard InChI is InChI=1S/C17H23NO.C2H4O2/c1-19-15-8-6-13(7-9-15)12-17-16-5-3-2-4-14(16)10-11-18-17;1-2(3)4/h6-9,17-18H,2-5,10-12H2,1H3;1H3,(H,3,4)/t17-;/m0./s1. The number of carboxylic acids is 1. The number of hydrogen-bond donors (Lipinski definition) is 2. The molecule has 0 fully saturated rings. The molecule has 1 aliphatic heterocycles. The number of nitrogens with one attached hydrogen (secondary N) is 1. The number of benzene rings is 1. The van der Waals surface area contributed by atoms with E-state index in [9.17, 15) is 0 Å².